The van der Waals surface area contributed by atoms with Crippen LogP contribution in [0.5, 0.6) is 0 Å². The van der Waals surface area contributed by atoms with Gasteiger partial charge in [0.05, 0.1) is 5.25 Å². The summed E-state index contributed by atoms with van der Waals surface area (Å²) in [4.78, 5) is 16.0. The summed E-state index contributed by atoms with van der Waals surface area (Å²) >= 11 is 0. The van der Waals surface area contributed by atoms with E-state index in [2.05, 4.69) is 4.90 Å². The van der Waals surface area contributed by atoms with Crippen molar-refractivity contribution in [3.05, 3.63) is 0 Å². The van der Waals surface area contributed by atoms with Crippen molar-refractivity contribution in [3.63, 3.8) is 0 Å². The van der Waals surface area contributed by atoms with Crippen LogP contribution in [-0.4, -0.2) is 67.3 Å². The molecular formula is C12H22N2O3S. The largest absolute Gasteiger partial charge is 0.339 e. The SMILES string of the molecule is CC(C)S(=O)(=O)CC(=O)N1CCN(C2CC2)CC1. The molecule has 5 nitrogen and oxygen atoms in total. The smallest absolute Gasteiger partial charge is 0.237 e. The minimum Gasteiger partial charge on any atom is -0.339 e. The molecule has 1 saturated heterocycles. The number of amides is 1. The summed E-state index contributed by atoms with van der Waals surface area (Å²) in [5.74, 6) is -0.576. The Kier molecular flexibility index (Phi) is 3.96. The molecule has 2 rings (SSSR count). The maximum atomic E-state index is 11.9. The highest BCUT2D eigenvalue weighted by Gasteiger charge is 2.33. The molecule has 0 radical (unpaired) electrons. The lowest BCUT2D eigenvalue weighted by Gasteiger charge is -2.34. The van der Waals surface area contributed by atoms with Gasteiger partial charge in [-0.3, -0.25) is 9.69 Å². The summed E-state index contributed by atoms with van der Waals surface area (Å²) in [5, 5.41) is -0.478. The second-order valence-electron chi connectivity index (χ2n) is 5.50. The molecule has 0 atom stereocenters. The predicted molar refractivity (Wildman–Crippen MR) is 70.1 cm³/mol. The third-order valence-corrected chi connectivity index (χ3v) is 5.86. The first kappa shape index (κ1) is 13.8. The van der Waals surface area contributed by atoms with Crippen LogP contribution < -0.4 is 0 Å². The van der Waals surface area contributed by atoms with Crippen LogP contribution >= 0.6 is 0 Å². The van der Waals surface area contributed by atoms with Gasteiger partial charge in [0.15, 0.2) is 9.84 Å². The Bertz CT molecular complexity index is 407. The van der Waals surface area contributed by atoms with E-state index in [1.807, 2.05) is 0 Å². The second kappa shape index (κ2) is 5.17. The molecule has 0 N–H and O–H groups in total. The zero-order valence-corrected chi connectivity index (χ0v) is 11.9. The Balaban J connectivity index is 1.83. The van der Waals surface area contributed by atoms with Gasteiger partial charge in [0.2, 0.25) is 5.91 Å². The lowest BCUT2D eigenvalue weighted by molar-refractivity contribution is -0.130. The predicted octanol–water partition coefficient (Wildman–Crippen LogP) is 0.116. The normalized spacial score (nSPS) is 22.5. The fourth-order valence-corrected chi connectivity index (χ4v) is 3.07. The molecule has 2 fully saturated rings. The number of nitrogens with zero attached hydrogens (tertiary/aromatic N) is 2. The fourth-order valence-electron chi connectivity index (χ4n) is 2.21. The van der Waals surface area contributed by atoms with Gasteiger partial charge in [-0.2, -0.15) is 0 Å². The first-order chi connectivity index (χ1) is 8.40. The van der Waals surface area contributed by atoms with E-state index in [1.54, 1.807) is 18.7 Å². The number of carbonyl (C=O) groups excluding carboxylic acids is 1. The van der Waals surface area contributed by atoms with Crippen LogP contribution in [0.2, 0.25) is 0 Å². The second-order valence-corrected chi connectivity index (χ2v) is 8.06. The summed E-state index contributed by atoms with van der Waals surface area (Å²) < 4.78 is 23.4. The van der Waals surface area contributed by atoms with E-state index in [0.717, 1.165) is 19.1 Å². The molecule has 1 heterocycles. The van der Waals surface area contributed by atoms with Gasteiger partial charge >= 0.3 is 0 Å². The molecule has 0 unspecified atom stereocenters. The quantitative estimate of drug-likeness (QED) is 0.730. The first-order valence-corrected chi connectivity index (χ1v) is 8.35. The lowest BCUT2D eigenvalue weighted by atomic mass is 10.3. The molecule has 0 aromatic carbocycles. The van der Waals surface area contributed by atoms with E-state index in [1.165, 1.54) is 12.8 Å². The molecule has 104 valence electrons. The average Bonchev–Trinajstić information content (AvgIpc) is 3.12. The van der Waals surface area contributed by atoms with Crippen molar-refractivity contribution in [2.45, 2.75) is 38.0 Å². The van der Waals surface area contributed by atoms with Crippen LogP contribution in [0.25, 0.3) is 0 Å². The molecule has 18 heavy (non-hydrogen) atoms. The zero-order valence-electron chi connectivity index (χ0n) is 11.1. The molecule has 6 heteroatoms. The van der Waals surface area contributed by atoms with Gasteiger partial charge in [0, 0.05) is 32.2 Å². The Labute approximate surface area is 109 Å². The highest BCUT2D eigenvalue weighted by atomic mass is 32.2. The van der Waals surface area contributed by atoms with Gasteiger partial charge in [0.25, 0.3) is 0 Å². The molecule has 0 aromatic heterocycles. The molecule has 0 spiro atoms. The topological polar surface area (TPSA) is 57.7 Å². The molecular weight excluding hydrogens is 252 g/mol. The summed E-state index contributed by atoms with van der Waals surface area (Å²) in [6.07, 6.45) is 2.55. The van der Waals surface area contributed by atoms with Gasteiger partial charge < -0.3 is 4.90 Å². The monoisotopic (exact) mass is 274 g/mol. The Morgan fingerprint density at radius 3 is 2.17 bits per heavy atom. The van der Waals surface area contributed by atoms with Crippen molar-refractivity contribution in [1.29, 1.82) is 0 Å². The minimum atomic E-state index is -3.27. The highest BCUT2D eigenvalue weighted by molar-refractivity contribution is 7.92. The van der Waals surface area contributed by atoms with Crippen molar-refractivity contribution in [2.24, 2.45) is 0 Å². The van der Waals surface area contributed by atoms with Gasteiger partial charge in [-0.05, 0) is 26.7 Å². The van der Waals surface area contributed by atoms with E-state index in [9.17, 15) is 13.2 Å². The van der Waals surface area contributed by atoms with Crippen LogP contribution in [0, 0.1) is 0 Å². The van der Waals surface area contributed by atoms with Crippen molar-refractivity contribution >= 4 is 15.7 Å². The summed E-state index contributed by atoms with van der Waals surface area (Å²) in [5.41, 5.74) is 0. The molecule has 1 aliphatic heterocycles. The number of carbonyl (C=O) groups is 1. The van der Waals surface area contributed by atoms with Gasteiger partial charge in [-0.15, -0.1) is 0 Å². The third-order valence-electron chi connectivity index (χ3n) is 3.77. The fraction of sp³-hybridized carbons (Fsp3) is 0.917. The van der Waals surface area contributed by atoms with Gasteiger partial charge in [-0.25, -0.2) is 8.42 Å². The van der Waals surface area contributed by atoms with Crippen LogP contribution in [-0.2, 0) is 14.6 Å². The maximum Gasteiger partial charge on any atom is 0.237 e. The summed E-state index contributed by atoms with van der Waals surface area (Å²) in [6, 6.07) is 0.724. The molecule has 1 amide bonds. The van der Waals surface area contributed by atoms with Gasteiger partial charge in [-0.1, -0.05) is 0 Å². The number of piperazine rings is 1. The summed E-state index contributed by atoms with van der Waals surface area (Å²) in [6.45, 7) is 6.35. The lowest BCUT2D eigenvalue weighted by Crippen LogP contribution is -2.50. The molecule has 0 bridgehead atoms. The zero-order chi connectivity index (χ0) is 13.3. The number of rotatable bonds is 4. The Hall–Kier alpha value is -0.620. The van der Waals surface area contributed by atoms with Crippen molar-refractivity contribution < 1.29 is 13.2 Å². The number of sulfone groups is 1. The van der Waals surface area contributed by atoms with E-state index < -0.39 is 15.1 Å². The van der Waals surface area contributed by atoms with Crippen molar-refractivity contribution in [2.75, 3.05) is 31.9 Å². The highest BCUT2D eigenvalue weighted by Crippen LogP contribution is 2.27. The number of hydrogen-bond acceptors (Lipinski definition) is 4. The van der Waals surface area contributed by atoms with Crippen molar-refractivity contribution in [3.8, 4) is 0 Å². The third kappa shape index (κ3) is 3.23. The van der Waals surface area contributed by atoms with E-state index in [-0.39, 0.29) is 11.7 Å². The molecule has 1 aliphatic carbocycles. The Morgan fingerprint density at radius 2 is 1.72 bits per heavy atom. The van der Waals surface area contributed by atoms with Crippen LogP contribution in [0.1, 0.15) is 26.7 Å². The van der Waals surface area contributed by atoms with E-state index >= 15 is 0 Å². The van der Waals surface area contributed by atoms with Gasteiger partial charge in [0.1, 0.15) is 5.75 Å². The number of hydrogen-bond donors (Lipinski definition) is 0. The van der Waals surface area contributed by atoms with Crippen LogP contribution in [0.3, 0.4) is 0 Å². The standard InChI is InChI=1S/C12H22N2O3S/c1-10(2)18(16,17)9-12(15)14-7-5-13(6-8-14)11-3-4-11/h10-11H,3-9H2,1-2H3. The first-order valence-electron chi connectivity index (χ1n) is 6.63. The van der Waals surface area contributed by atoms with E-state index in [0.29, 0.717) is 13.1 Å². The maximum absolute atomic E-state index is 11.9. The Morgan fingerprint density at radius 1 is 1.17 bits per heavy atom. The molecule has 2 aliphatic rings. The van der Waals surface area contributed by atoms with Crippen LogP contribution in [0.15, 0.2) is 0 Å². The summed E-state index contributed by atoms with van der Waals surface area (Å²) in [7, 11) is -3.27. The van der Waals surface area contributed by atoms with E-state index in [4.69, 9.17) is 0 Å². The molecule has 1 saturated carbocycles. The van der Waals surface area contributed by atoms with Crippen molar-refractivity contribution in [1.82, 2.24) is 9.80 Å². The average molecular weight is 274 g/mol. The minimum absolute atomic E-state index is 0.237. The molecule has 0 aromatic rings. The van der Waals surface area contributed by atoms with Crippen LogP contribution in [0.4, 0.5) is 0 Å².